The van der Waals surface area contributed by atoms with Gasteiger partial charge in [0.2, 0.25) is 5.95 Å². The molecule has 6 rings (SSSR count). The Morgan fingerprint density at radius 3 is 2.28 bits per heavy atom. The van der Waals surface area contributed by atoms with E-state index in [-0.39, 0.29) is 16.9 Å². The monoisotopic (exact) mass is 545 g/mol. The van der Waals surface area contributed by atoms with Crippen molar-refractivity contribution in [1.82, 2.24) is 24.4 Å². The second-order valence-corrected chi connectivity index (χ2v) is 10.5. The fraction of sp³-hybridized carbons (Fsp3) is 0.593. The first-order valence-corrected chi connectivity index (χ1v) is 13.8. The van der Waals surface area contributed by atoms with Gasteiger partial charge in [-0.3, -0.25) is 9.47 Å². The Kier molecular flexibility index (Phi) is 7.85. The molecule has 0 atom stereocenters. The molecular weight excluding hydrogens is 511 g/mol. The zero-order valence-electron chi connectivity index (χ0n) is 21.9. The van der Waals surface area contributed by atoms with Crippen molar-refractivity contribution < 1.29 is 22.6 Å². The van der Waals surface area contributed by atoms with Crippen molar-refractivity contribution in [3.8, 4) is 5.82 Å². The molecule has 2 saturated heterocycles. The first kappa shape index (κ1) is 26.3. The van der Waals surface area contributed by atoms with E-state index >= 15 is 0 Å². The summed E-state index contributed by atoms with van der Waals surface area (Å²) in [7, 11) is 0. The molecule has 0 spiro atoms. The van der Waals surface area contributed by atoms with Crippen molar-refractivity contribution >= 4 is 22.8 Å². The van der Waals surface area contributed by atoms with E-state index in [0.29, 0.717) is 56.6 Å². The number of benzene rings is 1. The lowest BCUT2D eigenvalue weighted by atomic mass is 9.85. The highest BCUT2D eigenvalue weighted by molar-refractivity contribution is 5.78. The van der Waals surface area contributed by atoms with Crippen LogP contribution in [0.5, 0.6) is 0 Å². The number of nitrogens with one attached hydrogen (secondary N) is 1. The Morgan fingerprint density at radius 1 is 0.872 bits per heavy atom. The summed E-state index contributed by atoms with van der Waals surface area (Å²) >= 11 is 0. The quantitative estimate of drug-likeness (QED) is 0.477. The van der Waals surface area contributed by atoms with Crippen LogP contribution in [0.25, 0.3) is 16.9 Å². The molecule has 1 saturated carbocycles. The Bertz CT molecular complexity index is 1270. The molecule has 0 radical (unpaired) electrons. The molecule has 3 aromatic rings. The third-order valence-corrected chi connectivity index (χ3v) is 8.03. The summed E-state index contributed by atoms with van der Waals surface area (Å²) in [4.78, 5) is 18.1. The van der Waals surface area contributed by atoms with Gasteiger partial charge in [-0.25, -0.2) is 18.2 Å². The topological polar surface area (TPSA) is 80.6 Å². The molecule has 4 heterocycles. The Hall–Kier alpha value is -2.96. The van der Waals surface area contributed by atoms with Gasteiger partial charge in [-0.1, -0.05) is 0 Å². The predicted octanol–water partition coefficient (Wildman–Crippen LogP) is 4.03. The number of hydrogen-bond donors (Lipinski definition) is 1. The average molecular weight is 546 g/mol. The van der Waals surface area contributed by atoms with E-state index in [9.17, 15) is 13.2 Å². The number of nitrogens with zero attached hydrogens (tertiary/aromatic N) is 6. The van der Waals surface area contributed by atoms with E-state index in [1.165, 1.54) is 22.8 Å². The molecule has 9 nitrogen and oxygen atoms in total. The van der Waals surface area contributed by atoms with Crippen LogP contribution in [0.15, 0.2) is 24.3 Å². The number of ether oxygens (including phenoxy) is 2. The lowest BCUT2D eigenvalue weighted by Gasteiger charge is -2.38. The molecule has 0 amide bonds. The van der Waals surface area contributed by atoms with Crippen LogP contribution in [0.2, 0.25) is 0 Å². The van der Waals surface area contributed by atoms with Crippen molar-refractivity contribution in [2.75, 3.05) is 69.4 Å². The summed E-state index contributed by atoms with van der Waals surface area (Å²) in [6, 6.07) is 6.12. The number of imidazole rings is 1. The van der Waals surface area contributed by atoms with Crippen LogP contribution in [0, 0.1) is 11.7 Å². The van der Waals surface area contributed by atoms with E-state index in [0.717, 1.165) is 52.0 Å². The highest BCUT2D eigenvalue weighted by atomic mass is 19.3. The normalized spacial score (nSPS) is 23.0. The zero-order chi connectivity index (χ0) is 26.8. The van der Waals surface area contributed by atoms with Gasteiger partial charge < -0.3 is 19.7 Å². The minimum atomic E-state index is -2.86. The summed E-state index contributed by atoms with van der Waals surface area (Å²) in [5.41, 5.74) is 0.522. The second-order valence-electron chi connectivity index (χ2n) is 10.5. The number of hydrogen-bond acceptors (Lipinski definition) is 8. The average Bonchev–Trinajstić information content (AvgIpc) is 3.36. The SMILES string of the molecule is Fc1ccc2nc(C(F)F)n(-c3cc(N4CCOCC4)nc(NC[C@H]4CC[C@H](N5CCOCC5)CC4)n3)c2c1. The first-order valence-electron chi connectivity index (χ1n) is 13.8. The maximum absolute atomic E-state index is 14.2. The molecule has 12 heteroatoms. The van der Waals surface area contributed by atoms with Gasteiger partial charge in [-0.2, -0.15) is 9.97 Å². The van der Waals surface area contributed by atoms with E-state index in [4.69, 9.17) is 14.5 Å². The highest BCUT2D eigenvalue weighted by Gasteiger charge is 2.28. The van der Waals surface area contributed by atoms with Crippen LogP contribution in [0.4, 0.5) is 24.9 Å². The van der Waals surface area contributed by atoms with Crippen molar-refractivity contribution in [2.45, 2.75) is 38.2 Å². The van der Waals surface area contributed by atoms with Gasteiger partial charge in [0.05, 0.1) is 37.5 Å². The Balaban J connectivity index is 1.25. The van der Waals surface area contributed by atoms with E-state index < -0.39 is 18.1 Å². The smallest absolute Gasteiger partial charge is 0.296 e. The third-order valence-electron chi connectivity index (χ3n) is 8.03. The molecule has 0 unspecified atom stereocenters. The number of alkyl halides is 2. The Morgan fingerprint density at radius 2 is 1.56 bits per heavy atom. The molecule has 2 aliphatic heterocycles. The molecule has 39 heavy (non-hydrogen) atoms. The van der Waals surface area contributed by atoms with Gasteiger partial charge in [-0.15, -0.1) is 0 Å². The van der Waals surface area contributed by atoms with Crippen molar-refractivity contribution in [1.29, 1.82) is 0 Å². The molecule has 3 fully saturated rings. The van der Waals surface area contributed by atoms with Crippen LogP contribution in [0.3, 0.4) is 0 Å². The molecule has 2 aromatic heterocycles. The summed E-state index contributed by atoms with van der Waals surface area (Å²) in [5, 5.41) is 3.39. The number of anilines is 2. The first-order chi connectivity index (χ1) is 19.0. The summed E-state index contributed by atoms with van der Waals surface area (Å²) in [6.45, 7) is 6.69. The number of halogens is 3. The van der Waals surface area contributed by atoms with Crippen molar-refractivity contribution in [3.63, 3.8) is 0 Å². The number of morpholine rings is 2. The van der Waals surface area contributed by atoms with Gasteiger partial charge in [0.15, 0.2) is 5.82 Å². The van der Waals surface area contributed by atoms with Gasteiger partial charge in [0, 0.05) is 50.9 Å². The summed E-state index contributed by atoms with van der Waals surface area (Å²) < 4.78 is 54.6. The van der Waals surface area contributed by atoms with Gasteiger partial charge >= 0.3 is 0 Å². The molecule has 3 aliphatic rings. The van der Waals surface area contributed by atoms with Crippen molar-refractivity contribution in [2.24, 2.45) is 5.92 Å². The van der Waals surface area contributed by atoms with Crippen LogP contribution in [0.1, 0.15) is 37.9 Å². The minimum Gasteiger partial charge on any atom is -0.379 e. The Labute approximate surface area is 225 Å². The fourth-order valence-corrected chi connectivity index (χ4v) is 5.92. The van der Waals surface area contributed by atoms with Crippen LogP contribution in [-0.2, 0) is 9.47 Å². The highest BCUT2D eigenvalue weighted by Crippen LogP contribution is 2.31. The molecule has 1 aromatic carbocycles. The molecular formula is C27H34F3N7O2. The number of rotatable bonds is 7. The fourth-order valence-electron chi connectivity index (χ4n) is 5.92. The van der Waals surface area contributed by atoms with E-state index in [1.54, 1.807) is 6.07 Å². The van der Waals surface area contributed by atoms with Crippen LogP contribution in [-0.4, -0.2) is 89.6 Å². The van der Waals surface area contributed by atoms with Gasteiger partial charge in [0.1, 0.15) is 17.5 Å². The third kappa shape index (κ3) is 5.82. The van der Waals surface area contributed by atoms with E-state index in [1.807, 2.05) is 0 Å². The number of aromatic nitrogens is 4. The maximum Gasteiger partial charge on any atom is 0.296 e. The molecule has 210 valence electrons. The minimum absolute atomic E-state index is 0.230. The van der Waals surface area contributed by atoms with E-state index in [2.05, 4.69) is 25.1 Å². The molecule has 0 bridgehead atoms. The molecule has 1 N–H and O–H groups in total. The zero-order valence-corrected chi connectivity index (χ0v) is 21.9. The van der Waals surface area contributed by atoms with Gasteiger partial charge in [0.25, 0.3) is 6.43 Å². The largest absolute Gasteiger partial charge is 0.379 e. The lowest BCUT2D eigenvalue weighted by Crippen LogP contribution is -2.45. The standard InChI is InChI=1S/C27H34F3N7O2/c28-19-3-6-21-22(15-19)37(26(32-21)25(29)30)24-16-23(36-9-13-39-14-10-36)33-27(34-24)31-17-18-1-4-20(5-2-18)35-7-11-38-12-8-35/h3,6,15-16,18,20,25H,1-2,4-5,7-14,17H2,(H,31,33,34)/t18-,20-. The predicted molar refractivity (Wildman–Crippen MR) is 141 cm³/mol. The maximum atomic E-state index is 14.2. The van der Waals surface area contributed by atoms with Crippen molar-refractivity contribution in [3.05, 3.63) is 35.9 Å². The summed E-state index contributed by atoms with van der Waals surface area (Å²) in [6.07, 6.45) is 1.64. The van der Waals surface area contributed by atoms with Gasteiger partial charge in [-0.05, 0) is 43.7 Å². The molecule has 1 aliphatic carbocycles. The number of fused-ring (bicyclic) bond motifs is 1. The summed E-state index contributed by atoms with van der Waals surface area (Å²) in [5.74, 6) is 0.672. The van der Waals surface area contributed by atoms with Crippen LogP contribution >= 0.6 is 0 Å². The lowest BCUT2D eigenvalue weighted by molar-refractivity contribution is 0.00539. The van der Waals surface area contributed by atoms with Crippen LogP contribution < -0.4 is 10.2 Å². The second kappa shape index (κ2) is 11.6.